The summed E-state index contributed by atoms with van der Waals surface area (Å²) in [6.45, 7) is -5.50. The summed E-state index contributed by atoms with van der Waals surface area (Å²) in [6, 6.07) is -2.88. The lowest BCUT2D eigenvalue weighted by Crippen LogP contribution is -2.65. The number of rotatable bonds is 19. The molecule has 25 atom stereocenters. The van der Waals surface area contributed by atoms with Crippen molar-refractivity contribution in [1.29, 1.82) is 0 Å². The molecule has 6 bridgehead atoms. The molecule has 516 valence electrons. The molecule has 7 aliphatic rings. The molecule has 39 nitrogen and oxygen atoms in total. The van der Waals surface area contributed by atoms with Crippen molar-refractivity contribution >= 4 is 35.5 Å². The minimum atomic E-state index is -2.83. The molecule has 9 unspecified atom stereocenters. The summed E-state index contributed by atoms with van der Waals surface area (Å²) in [5.41, 5.74) is 11.1. The van der Waals surface area contributed by atoms with Gasteiger partial charge in [-0.1, -0.05) is 0 Å². The number of aliphatic hydroxyl groups is 23. The number of aliphatic carboxylic acids is 2. The Kier molecular flexibility index (Phi) is 31.6. The molecule has 0 amide bonds. The Labute approximate surface area is 511 Å². The molecule has 0 aliphatic carbocycles. The average Bonchev–Trinajstić information content (AvgIpc) is 3.51. The third-order valence-electron chi connectivity index (χ3n) is 13.8. The summed E-state index contributed by atoms with van der Waals surface area (Å²) >= 11 is 1.62. The number of carboxylic acids is 2. The van der Waals surface area contributed by atoms with E-state index in [4.69, 9.17) is 58.8 Å². The van der Waals surface area contributed by atoms with E-state index in [0.717, 1.165) is 23.5 Å². The Bertz CT molecular complexity index is 2340. The van der Waals surface area contributed by atoms with Crippen LogP contribution in [-0.4, -0.2) is 349 Å². The molecule has 0 saturated carbocycles. The predicted molar refractivity (Wildman–Crippen MR) is 289 cm³/mol. The zero-order chi connectivity index (χ0) is 66.9. The number of nitrogens with two attached hydrogens (primary N) is 2. The first-order chi connectivity index (χ1) is 41.9. The van der Waals surface area contributed by atoms with Crippen LogP contribution in [-0.2, 0) is 57.0 Å². The Morgan fingerprint density at radius 2 is 0.618 bits per heavy atom. The van der Waals surface area contributed by atoms with Crippen LogP contribution in [0.5, 0.6) is 0 Å². The monoisotopic (exact) mass is 1340 g/mol. The molecule has 3 fully saturated rings. The lowest BCUT2D eigenvalue weighted by Gasteiger charge is -2.47. The molecule has 0 spiro atoms. The lowest BCUT2D eigenvalue weighted by molar-refractivity contribution is -0.368. The van der Waals surface area contributed by atoms with Gasteiger partial charge in [-0.05, 0) is 24.3 Å². The number of aliphatic hydroxyl groups excluding tert-OH is 23. The second kappa shape index (κ2) is 36.4. The zero-order valence-electron chi connectivity index (χ0n) is 46.7. The van der Waals surface area contributed by atoms with Gasteiger partial charge in [0, 0.05) is 37.6 Å². The standard InChI is InChI=1S/C48H80N2O37S2/c49-14(40(70)71)12-88-7-3-18-25(58)33(66)45(77)86-38-21(10-54)84-48(36(69)28(38)61)87-39-22(11-55)83-47(35(68)29(39)62)81-19(4-8-89-13-15(50)41(72)73)26(59)31(64)42(74)78-16(1-5-51)23(56)32(65)44(76)85-37-20(9-53)82-46(34(67)27(37)60)80-17(2-6-52)24(57)30(63)43(75)79-18/h14-22,27-29,34-39,42-48,51-69,74-77H,1-13,49-50H2,(H,70,71)(H,72,73)/b30-24-,31-26+,32-23+,33-25?/t14-,15-,16-,17+,18-,19-,20?,21?,22?,27?,28?,29?,34?,35?,36?,37-,38-,39-,42+,43+,44-,45-,46+,47-,48+/m1/s1. The highest BCUT2D eigenvalue weighted by atomic mass is 32.2. The highest BCUT2D eigenvalue weighted by Crippen LogP contribution is 2.35. The van der Waals surface area contributed by atoms with Crippen LogP contribution < -0.4 is 11.5 Å². The van der Waals surface area contributed by atoms with Crippen LogP contribution in [0.15, 0.2) is 46.1 Å². The molecular formula is C48H80N2O37S2. The zero-order valence-corrected chi connectivity index (χ0v) is 48.3. The van der Waals surface area contributed by atoms with E-state index < -0.39 is 271 Å². The van der Waals surface area contributed by atoms with Gasteiger partial charge in [-0.2, -0.15) is 23.5 Å². The van der Waals surface area contributed by atoms with E-state index in [-0.39, 0.29) is 23.0 Å². The van der Waals surface area contributed by atoms with Gasteiger partial charge < -0.3 is 186 Å². The summed E-state index contributed by atoms with van der Waals surface area (Å²) < 4.78 is 54.6. The summed E-state index contributed by atoms with van der Waals surface area (Å²) in [5.74, 6) is -16.2. The number of carboxylic acid groups (broad SMARTS) is 2. The van der Waals surface area contributed by atoms with Crippen molar-refractivity contribution in [3.63, 3.8) is 0 Å². The maximum atomic E-state index is 11.4. The Balaban J connectivity index is 1.84. The first-order valence-electron chi connectivity index (χ1n) is 26.9. The van der Waals surface area contributed by atoms with E-state index in [0.29, 0.717) is 0 Å². The highest BCUT2D eigenvalue weighted by Gasteiger charge is 2.53. The van der Waals surface area contributed by atoms with Crippen LogP contribution in [0.4, 0.5) is 0 Å². The third kappa shape index (κ3) is 20.5. The van der Waals surface area contributed by atoms with Gasteiger partial charge in [-0.25, -0.2) is 0 Å². The van der Waals surface area contributed by atoms with Crippen molar-refractivity contribution in [3.05, 3.63) is 46.1 Å². The number of carbonyl (C=O) groups is 2. The van der Waals surface area contributed by atoms with E-state index in [2.05, 4.69) is 0 Å². The molecule has 41 heteroatoms. The van der Waals surface area contributed by atoms with Crippen molar-refractivity contribution in [3.8, 4) is 0 Å². The topological polar surface area (TPSA) is 684 Å². The fourth-order valence-corrected chi connectivity index (χ4v) is 10.7. The fraction of sp³-hybridized carbons (Fsp3) is 0.792. The molecule has 0 aromatic carbocycles. The third-order valence-corrected chi connectivity index (χ3v) is 16.0. The van der Waals surface area contributed by atoms with Crippen molar-refractivity contribution in [2.24, 2.45) is 11.5 Å². The maximum Gasteiger partial charge on any atom is 0.321 e. The highest BCUT2D eigenvalue weighted by molar-refractivity contribution is 7.99. The smallest absolute Gasteiger partial charge is 0.321 e. The van der Waals surface area contributed by atoms with Gasteiger partial charge in [0.25, 0.3) is 0 Å². The van der Waals surface area contributed by atoms with E-state index in [1.807, 2.05) is 0 Å². The number of hydrogen-bond donors (Lipinski definition) is 27. The molecule has 0 aromatic rings. The summed E-state index contributed by atoms with van der Waals surface area (Å²) in [5, 5.41) is 270. The van der Waals surface area contributed by atoms with Gasteiger partial charge in [-0.15, -0.1) is 0 Å². The van der Waals surface area contributed by atoms with Crippen molar-refractivity contribution in [2.45, 2.75) is 179 Å². The fourth-order valence-electron chi connectivity index (χ4n) is 8.77. The van der Waals surface area contributed by atoms with E-state index in [1.165, 1.54) is 0 Å². The van der Waals surface area contributed by atoms with Crippen LogP contribution in [0.3, 0.4) is 0 Å². The number of fused-ring (bicyclic) bond motifs is 3. The van der Waals surface area contributed by atoms with E-state index in [1.54, 1.807) is 0 Å². The van der Waals surface area contributed by atoms with Crippen LogP contribution in [0.1, 0.15) is 25.7 Å². The van der Waals surface area contributed by atoms with Crippen molar-refractivity contribution in [2.75, 3.05) is 56.0 Å². The summed E-state index contributed by atoms with van der Waals surface area (Å²) in [7, 11) is 0. The van der Waals surface area contributed by atoms with Crippen LogP contribution in [0, 0.1) is 0 Å². The van der Waals surface area contributed by atoms with Gasteiger partial charge >= 0.3 is 11.9 Å². The Hall–Kier alpha value is -4.08. The van der Waals surface area contributed by atoms with Crippen LogP contribution in [0.2, 0.25) is 0 Å². The molecule has 29 N–H and O–H groups in total. The molecule has 0 aromatic heterocycles. The second-order valence-corrected chi connectivity index (χ2v) is 22.4. The number of thioether (sulfide) groups is 2. The Morgan fingerprint density at radius 1 is 0.360 bits per heavy atom. The predicted octanol–water partition coefficient (Wildman–Crippen LogP) is -8.57. The average molecular weight is 1340 g/mol. The van der Waals surface area contributed by atoms with E-state index in [9.17, 15) is 137 Å². The maximum absolute atomic E-state index is 11.4. The lowest BCUT2D eigenvalue weighted by atomic mass is 9.96. The van der Waals surface area contributed by atoms with Gasteiger partial charge in [0.2, 0.25) is 25.2 Å². The normalized spacial score (nSPS) is 40.8. The van der Waals surface area contributed by atoms with E-state index >= 15 is 0 Å². The SMILES string of the molecule is N[C@H](CSCC[C@H]1O[C@H](O)/C(O)=C(/O)[C@H](CCO)O[C@H]2OC(CO)[C@@H](O[C@@H](O)/C(O)=C(\O)[C@@H](CCO)O[C@H](O)/C(O)=C(\O)[C@@H](CCSC[C@@H](N)C(=O)O)O[C@@H]3OC(CO)[C@@H](O[C@@H]4OC(CO)[C@@H](O[C@@H](O)C(O)=C1O)C(O)C4O)C(O)C3O)C(O)C2O)C(=O)O. The van der Waals surface area contributed by atoms with Gasteiger partial charge in [0.1, 0.15) is 110 Å². The van der Waals surface area contributed by atoms with Gasteiger partial charge in [0.15, 0.2) is 64.9 Å². The molecule has 0 radical (unpaired) electrons. The second-order valence-electron chi connectivity index (χ2n) is 20.1. The van der Waals surface area contributed by atoms with Crippen LogP contribution >= 0.6 is 23.5 Å². The van der Waals surface area contributed by atoms with Crippen molar-refractivity contribution in [1.82, 2.24) is 0 Å². The molecule has 89 heavy (non-hydrogen) atoms. The molecular weight excluding hydrogens is 1260 g/mol. The minimum absolute atomic E-state index is 0.239. The number of ether oxygens (including phenoxy) is 10. The molecule has 7 aliphatic heterocycles. The Morgan fingerprint density at radius 3 is 0.910 bits per heavy atom. The van der Waals surface area contributed by atoms with Gasteiger partial charge in [0.05, 0.1) is 19.8 Å². The molecule has 7 rings (SSSR count). The largest absolute Gasteiger partial charge is 0.506 e. The summed E-state index contributed by atoms with van der Waals surface area (Å²) in [6.07, 6.45) is -55.5. The first kappa shape index (κ1) is 77.4. The van der Waals surface area contributed by atoms with Gasteiger partial charge in [-0.3, -0.25) is 9.59 Å². The number of hydrogen-bond acceptors (Lipinski definition) is 39. The summed E-state index contributed by atoms with van der Waals surface area (Å²) in [4.78, 5) is 22.7. The van der Waals surface area contributed by atoms with Crippen LogP contribution in [0.25, 0.3) is 0 Å². The minimum Gasteiger partial charge on any atom is -0.506 e. The molecule has 7 heterocycles. The quantitative estimate of drug-likeness (QED) is 0.0534. The first-order valence-corrected chi connectivity index (χ1v) is 29.2. The molecule has 3 saturated heterocycles. The van der Waals surface area contributed by atoms with Crippen molar-refractivity contribution < 1.29 is 185 Å².